The molecule has 9 heteroatoms. The Hall–Kier alpha value is -2.64. The summed E-state index contributed by atoms with van der Waals surface area (Å²) in [5.41, 5.74) is 1.16. The van der Waals surface area contributed by atoms with Gasteiger partial charge in [0, 0.05) is 6.07 Å². The number of ether oxygens (including phenoxy) is 1. The molecule has 0 saturated carbocycles. The van der Waals surface area contributed by atoms with Crippen molar-refractivity contribution in [1.29, 1.82) is 0 Å². The van der Waals surface area contributed by atoms with Gasteiger partial charge >= 0.3 is 5.97 Å². The van der Waals surface area contributed by atoms with E-state index in [2.05, 4.69) is 5.32 Å². The van der Waals surface area contributed by atoms with Gasteiger partial charge in [0.25, 0.3) is 11.6 Å². The fourth-order valence-electron chi connectivity index (χ4n) is 2.16. The average Bonchev–Trinajstić information content (AvgIpc) is 2.59. The van der Waals surface area contributed by atoms with E-state index in [1.54, 1.807) is 19.9 Å². The Morgan fingerprint density at radius 1 is 1.19 bits per heavy atom. The maximum absolute atomic E-state index is 12.1. The minimum absolute atomic E-state index is 0.0182. The van der Waals surface area contributed by atoms with Crippen LogP contribution < -0.4 is 5.32 Å². The molecular weight excluding hydrogens is 383 g/mol. The van der Waals surface area contributed by atoms with Crippen LogP contribution in [0.3, 0.4) is 0 Å². The van der Waals surface area contributed by atoms with Crippen molar-refractivity contribution in [3.63, 3.8) is 0 Å². The fraction of sp³-hybridized carbons (Fsp3) is 0.176. The van der Waals surface area contributed by atoms with Gasteiger partial charge in [-0.2, -0.15) is 0 Å². The topological polar surface area (TPSA) is 98.5 Å². The quantitative estimate of drug-likeness (QED) is 0.461. The van der Waals surface area contributed by atoms with E-state index in [4.69, 9.17) is 27.9 Å². The van der Waals surface area contributed by atoms with Crippen molar-refractivity contribution in [2.75, 3.05) is 11.9 Å². The zero-order chi connectivity index (χ0) is 19.4. The summed E-state index contributed by atoms with van der Waals surface area (Å²) in [6, 6.07) is 7.32. The van der Waals surface area contributed by atoms with Gasteiger partial charge in [-0.25, -0.2) is 4.79 Å². The summed E-state index contributed by atoms with van der Waals surface area (Å²) < 4.78 is 4.90. The first-order chi connectivity index (χ1) is 12.2. The second kappa shape index (κ2) is 8.16. The van der Waals surface area contributed by atoms with Crippen molar-refractivity contribution in [2.45, 2.75) is 13.8 Å². The molecule has 136 valence electrons. The molecule has 1 amide bonds. The normalized spacial score (nSPS) is 10.3. The molecule has 7 nitrogen and oxygen atoms in total. The molecule has 0 spiro atoms. The summed E-state index contributed by atoms with van der Waals surface area (Å²) >= 11 is 11.7. The Labute approximate surface area is 159 Å². The third-order valence-electron chi connectivity index (χ3n) is 3.68. The number of benzene rings is 2. The van der Waals surface area contributed by atoms with Crippen LogP contribution in [0.25, 0.3) is 0 Å². The van der Waals surface area contributed by atoms with Crippen molar-refractivity contribution in [3.8, 4) is 0 Å². The van der Waals surface area contributed by atoms with Gasteiger partial charge in [0.2, 0.25) is 0 Å². The highest BCUT2D eigenvalue weighted by Gasteiger charge is 2.21. The Morgan fingerprint density at radius 2 is 1.88 bits per heavy atom. The summed E-state index contributed by atoms with van der Waals surface area (Å²) in [6.45, 7) is 2.78. The highest BCUT2D eigenvalue weighted by Crippen LogP contribution is 2.30. The fourth-order valence-corrected chi connectivity index (χ4v) is 2.53. The van der Waals surface area contributed by atoms with Crippen LogP contribution in [0.4, 0.5) is 11.4 Å². The molecule has 2 aromatic rings. The lowest BCUT2D eigenvalue weighted by atomic mass is 10.1. The Bertz CT molecular complexity index is 899. The third kappa shape index (κ3) is 4.30. The molecule has 0 atom stereocenters. The van der Waals surface area contributed by atoms with Gasteiger partial charge in [0.05, 0.1) is 20.5 Å². The zero-order valence-electron chi connectivity index (χ0n) is 13.8. The molecule has 0 heterocycles. The van der Waals surface area contributed by atoms with Crippen LogP contribution in [0.2, 0.25) is 10.0 Å². The number of hydrogen-bond donors (Lipinski definition) is 1. The number of amides is 1. The van der Waals surface area contributed by atoms with Gasteiger partial charge in [0.15, 0.2) is 6.61 Å². The standard InChI is InChI=1S/C17H14Cl2N2O5/c1-9-6-7-13(21(24)25)16(10(9)2)20-14(22)8-26-17(23)11-4-3-5-12(18)15(11)19/h3-7H,8H2,1-2H3,(H,20,22). The maximum Gasteiger partial charge on any atom is 0.340 e. The van der Waals surface area contributed by atoms with E-state index in [9.17, 15) is 19.7 Å². The van der Waals surface area contributed by atoms with E-state index in [0.29, 0.717) is 5.56 Å². The minimum Gasteiger partial charge on any atom is -0.452 e. The van der Waals surface area contributed by atoms with E-state index < -0.39 is 23.4 Å². The predicted molar refractivity (Wildman–Crippen MR) is 97.9 cm³/mol. The summed E-state index contributed by atoms with van der Waals surface area (Å²) in [7, 11) is 0. The first-order valence-electron chi connectivity index (χ1n) is 7.38. The maximum atomic E-state index is 12.1. The molecule has 0 unspecified atom stereocenters. The number of carbonyl (C=O) groups excluding carboxylic acids is 2. The molecule has 0 bridgehead atoms. The van der Waals surface area contributed by atoms with Gasteiger partial charge in [0.1, 0.15) is 5.69 Å². The van der Waals surface area contributed by atoms with E-state index in [1.807, 2.05) is 0 Å². The number of nitro benzene ring substituents is 1. The zero-order valence-corrected chi connectivity index (χ0v) is 15.4. The number of nitrogens with zero attached hydrogens (tertiary/aromatic N) is 1. The smallest absolute Gasteiger partial charge is 0.340 e. The monoisotopic (exact) mass is 396 g/mol. The highest BCUT2D eigenvalue weighted by molar-refractivity contribution is 6.43. The molecule has 0 aliphatic heterocycles. The number of aryl methyl sites for hydroxylation is 1. The SMILES string of the molecule is Cc1ccc([N+](=O)[O-])c(NC(=O)COC(=O)c2cccc(Cl)c2Cl)c1C. The Balaban J connectivity index is 2.10. The number of hydrogen-bond acceptors (Lipinski definition) is 5. The largest absolute Gasteiger partial charge is 0.452 e. The number of nitro groups is 1. The lowest BCUT2D eigenvalue weighted by Gasteiger charge is -2.11. The predicted octanol–water partition coefficient (Wildman–Crippen LogP) is 4.31. The van der Waals surface area contributed by atoms with Gasteiger partial charge in [-0.3, -0.25) is 14.9 Å². The molecule has 0 saturated heterocycles. The molecular formula is C17H14Cl2N2O5. The minimum atomic E-state index is -0.830. The Kier molecular flexibility index (Phi) is 6.18. The molecule has 0 aromatic heterocycles. The van der Waals surface area contributed by atoms with Crippen LogP contribution in [-0.2, 0) is 9.53 Å². The first-order valence-corrected chi connectivity index (χ1v) is 8.13. The van der Waals surface area contributed by atoms with Crippen LogP contribution in [0.1, 0.15) is 21.5 Å². The molecule has 26 heavy (non-hydrogen) atoms. The highest BCUT2D eigenvalue weighted by atomic mass is 35.5. The average molecular weight is 397 g/mol. The number of anilines is 1. The van der Waals surface area contributed by atoms with Crippen molar-refractivity contribution >= 4 is 46.5 Å². The van der Waals surface area contributed by atoms with Crippen molar-refractivity contribution < 1.29 is 19.2 Å². The number of halogens is 2. The van der Waals surface area contributed by atoms with Gasteiger partial charge in [-0.1, -0.05) is 35.3 Å². The van der Waals surface area contributed by atoms with Crippen LogP contribution in [0.15, 0.2) is 30.3 Å². The second-order valence-electron chi connectivity index (χ2n) is 5.38. The lowest BCUT2D eigenvalue weighted by molar-refractivity contribution is -0.384. The molecule has 0 fully saturated rings. The van der Waals surface area contributed by atoms with Crippen LogP contribution in [-0.4, -0.2) is 23.4 Å². The summed E-state index contributed by atoms with van der Waals surface area (Å²) in [6.07, 6.45) is 0. The lowest BCUT2D eigenvalue weighted by Crippen LogP contribution is -2.22. The van der Waals surface area contributed by atoms with Crippen molar-refractivity contribution in [2.24, 2.45) is 0 Å². The van der Waals surface area contributed by atoms with Crippen molar-refractivity contribution in [1.82, 2.24) is 0 Å². The van der Waals surface area contributed by atoms with E-state index in [1.165, 1.54) is 24.3 Å². The molecule has 0 radical (unpaired) electrons. The van der Waals surface area contributed by atoms with Gasteiger partial charge in [-0.15, -0.1) is 0 Å². The summed E-state index contributed by atoms with van der Waals surface area (Å²) in [4.78, 5) is 34.6. The van der Waals surface area contributed by atoms with Gasteiger partial charge < -0.3 is 10.1 Å². The van der Waals surface area contributed by atoms with Crippen LogP contribution in [0.5, 0.6) is 0 Å². The first kappa shape index (κ1) is 19.7. The molecule has 0 aliphatic rings. The van der Waals surface area contributed by atoms with Crippen LogP contribution >= 0.6 is 23.2 Å². The summed E-state index contributed by atoms with van der Waals surface area (Å²) in [5.74, 6) is -1.54. The molecule has 2 aromatic carbocycles. The van der Waals surface area contributed by atoms with Crippen molar-refractivity contribution in [3.05, 3.63) is 67.2 Å². The third-order valence-corrected chi connectivity index (χ3v) is 4.50. The van der Waals surface area contributed by atoms with E-state index in [0.717, 1.165) is 5.56 Å². The second-order valence-corrected chi connectivity index (χ2v) is 6.17. The van der Waals surface area contributed by atoms with E-state index >= 15 is 0 Å². The van der Waals surface area contributed by atoms with Gasteiger partial charge in [-0.05, 0) is 37.1 Å². The van der Waals surface area contributed by atoms with E-state index in [-0.39, 0.29) is 27.0 Å². The number of carbonyl (C=O) groups is 2. The summed E-state index contributed by atoms with van der Waals surface area (Å²) in [5, 5.41) is 13.7. The number of rotatable bonds is 5. The number of nitrogens with one attached hydrogen (secondary N) is 1. The molecule has 2 rings (SSSR count). The molecule has 1 N–H and O–H groups in total. The molecule has 0 aliphatic carbocycles. The number of esters is 1. The van der Waals surface area contributed by atoms with Crippen LogP contribution in [0, 0.1) is 24.0 Å². The Morgan fingerprint density at radius 3 is 2.54 bits per heavy atom.